The number of esters is 1. The highest BCUT2D eigenvalue weighted by molar-refractivity contribution is 6.01. The number of carbonyl (C=O) groups is 2. The highest BCUT2D eigenvalue weighted by Crippen LogP contribution is 2.45. The molecule has 2 aromatic rings. The van der Waals surface area contributed by atoms with Crippen molar-refractivity contribution in [2.45, 2.75) is 65.0 Å². The molecule has 2 heterocycles. The van der Waals surface area contributed by atoms with Gasteiger partial charge in [0.1, 0.15) is 11.7 Å². The fourth-order valence-electron chi connectivity index (χ4n) is 5.04. The van der Waals surface area contributed by atoms with Crippen LogP contribution in [-0.4, -0.2) is 34.7 Å². The first kappa shape index (κ1) is 20.1. The maximum absolute atomic E-state index is 12.8. The van der Waals surface area contributed by atoms with Crippen molar-refractivity contribution in [1.82, 2.24) is 9.78 Å². The van der Waals surface area contributed by atoms with Crippen LogP contribution in [0.3, 0.4) is 0 Å². The average molecular weight is 399 g/mol. The summed E-state index contributed by atoms with van der Waals surface area (Å²) in [6.45, 7) is 7.00. The van der Waals surface area contributed by atoms with Gasteiger partial charge >= 0.3 is 5.97 Å². The van der Waals surface area contributed by atoms with Crippen LogP contribution < -0.4 is 0 Å². The van der Waals surface area contributed by atoms with Crippen LogP contribution in [0.2, 0.25) is 0 Å². The molecular weight excluding hydrogens is 368 g/mol. The van der Waals surface area contributed by atoms with E-state index in [4.69, 9.17) is 9.47 Å². The Morgan fingerprint density at radius 1 is 1.31 bits per heavy atom. The van der Waals surface area contributed by atoms with Crippen molar-refractivity contribution in [1.29, 1.82) is 0 Å². The molecule has 0 radical (unpaired) electrons. The maximum atomic E-state index is 12.8. The van der Waals surface area contributed by atoms with Gasteiger partial charge < -0.3 is 9.47 Å². The van der Waals surface area contributed by atoms with E-state index in [1.807, 2.05) is 10.9 Å². The number of benzene rings is 1. The van der Waals surface area contributed by atoms with Crippen molar-refractivity contribution in [2.24, 2.45) is 11.8 Å². The predicted octanol–water partition coefficient (Wildman–Crippen LogP) is 4.31. The summed E-state index contributed by atoms with van der Waals surface area (Å²) >= 11 is 0. The topological polar surface area (TPSA) is 70.4 Å². The van der Waals surface area contributed by atoms with Crippen LogP contribution in [0.5, 0.6) is 0 Å². The smallest absolute Gasteiger partial charge is 0.317 e. The molecule has 0 N–H and O–H groups in total. The molecule has 156 valence electrons. The molecule has 1 aliphatic heterocycles. The van der Waals surface area contributed by atoms with Crippen molar-refractivity contribution >= 4 is 22.7 Å². The molecule has 6 nitrogen and oxygen atoms in total. The van der Waals surface area contributed by atoms with E-state index in [1.165, 1.54) is 0 Å². The summed E-state index contributed by atoms with van der Waals surface area (Å²) < 4.78 is 13.2. The molecule has 4 atom stereocenters. The third kappa shape index (κ3) is 3.59. The number of aryl methyl sites for hydroxylation is 1. The van der Waals surface area contributed by atoms with Gasteiger partial charge in [0.05, 0.1) is 18.3 Å². The lowest BCUT2D eigenvalue weighted by atomic mass is 9.67. The lowest BCUT2D eigenvalue weighted by molar-refractivity contribution is -0.154. The molecule has 29 heavy (non-hydrogen) atoms. The van der Waals surface area contributed by atoms with Crippen molar-refractivity contribution in [3.05, 3.63) is 29.5 Å². The average Bonchev–Trinajstić information content (AvgIpc) is 3.15. The second-order valence-electron chi connectivity index (χ2n) is 8.38. The van der Waals surface area contributed by atoms with Gasteiger partial charge in [-0.2, -0.15) is 5.10 Å². The molecule has 1 aromatic heterocycles. The standard InChI is InChI=1S/C23H30N2O4/c1-4-28-23(27)22-18(26)11-9-15(3)21(22)20-14(2)8-10-17-16(20)13-24-25(17)19-7-5-6-12-29-19/h8,10,13,15,19,21-22H,4-7,9,11-12H2,1-3H3/t15-,19?,21-,22?/m1/s1. The largest absolute Gasteiger partial charge is 0.465 e. The highest BCUT2D eigenvalue weighted by Gasteiger charge is 2.44. The van der Waals surface area contributed by atoms with Gasteiger partial charge in [-0.15, -0.1) is 0 Å². The Hall–Kier alpha value is -2.21. The van der Waals surface area contributed by atoms with Crippen molar-refractivity contribution in [3.63, 3.8) is 0 Å². The van der Waals surface area contributed by atoms with Crippen molar-refractivity contribution in [2.75, 3.05) is 13.2 Å². The third-order valence-corrected chi connectivity index (χ3v) is 6.51. The summed E-state index contributed by atoms with van der Waals surface area (Å²) in [4.78, 5) is 25.6. The number of fused-ring (bicyclic) bond motifs is 1. The summed E-state index contributed by atoms with van der Waals surface area (Å²) in [6.07, 6.45) is 6.21. The molecule has 2 unspecified atom stereocenters. The quantitative estimate of drug-likeness (QED) is 0.567. The van der Waals surface area contributed by atoms with Crippen LogP contribution in [0.1, 0.15) is 69.2 Å². The Labute approximate surface area is 171 Å². The van der Waals surface area contributed by atoms with Gasteiger partial charge in [0.25, 0.3) is 0 Å². The summed E-state index contributed by atoms with van der Waals surface area (Å²) in [6, 6.07) is 4.15. The van der Waals surface area contributed by atoms with E-state index < -0.39 is 11.9 Å². The summed E-state index contributed by atoms with van der Waals surface area (Å²) in [5.74, 6) is -1.12. The first-order valence-electron chi connectivity index (χ1n) is 10.8. The van der Waals surface area contributed by atoms with E-state index in [-0.39, 0.29) is 30.5 Å². The van der Waals surface area contributed by atoms with E-state index >= 15 is 0 Å². The van der Waals surface area contributed by atoms with Crippen molar-refractivity contribution in [3.8, 4) is 0 Å². The van der Waals surface area contributed by atoms with Crippen LogP contribution >= 0.6 is 0 Å². The zero-order chi connectivity index (χ0) is 20.5. The molecule has 2 fully saturated rings. The molecule has 0 spiro atoms. The van der Waals surface area contributed by atoms with Gasteiger partial charge in [0.15, 0.2) is 6.23 Å². The molecule has 2 aliphatic rings. The number of rotatable bonds is 4. The minimum Gasteiger partial charge on any atom is -0.465 e. The van der Waals surface area contributed by atoms with Gasteiger partial charge in [0, 0.05) is 24.3 Å². The van der Waals surface area contributed by atoms with Gasteiger partial charge in [-0.1, -0.05) is 13.0 Å². The van der Waals surface area contributed by atoms with Crippen LogP contribution in [0.4, 0.5) is 0 Å². The first-order valence-corrected chi connectivity index (χ1v) is 10.8. The number of carbonyl (C=O) groups excluding carboxylic acids is 2. The Morgan fingerprint density at radius 2 is 2.14 bits per heavy atom. The van der Waals surface area contributed by atoms with Crippen LogP contribution in [0.25, 0.3) is 10.9 Å². The summed E-state index contributed by atoms with van der Waals surface area (Å²) in [5.41, 5.74) is 3.15. The molecule has 0 amide bonds. The fourth-order valence-corrected chi connectivity index (χ4v) is 5.04. The number of hydrogen-bond donors (Lipinski definition) is 0. The lowest BCUT2D eigenvalue weighted by Crippen LogP contribution is -2.39. The third-order valence-electron chi connectivity index (χ3n) is 6.51. The Balaban J connectivity index is 1.82. The van der Waals surface area contributed by atoms with Gasteiger partial charge in [-0.3, -0.25) is 9.59 Å². The van der Waals surface area contributed by atoms with Crippen LogP contribution in [-0.2, 0) is 19.1 Å². The predicted molar refractivity (Wildman–Crippen MR) is 110 cm³/mol. The van der Waals surface area contributed by atoms with Crippen LogP contribution in [0, 0.1) is 18.8 Å². The molecule has 1 aliphatic carbocycles. The zero-order valence-corrected chi connectivity index (χ0v) is 17.5. The molecular formula is C23H30N2O4. The highest BCUT2D eigenvalue weighted by atomic mass is 16.5. The Bertz CT molecular complexity index is 913. The molecule has 6 heteroatoms. The van der Waals surface area contributed by atoms with Crippen LogP contribution in [0.15, 0.2) is 18.3 Å². The monoisotopic (exact) mass is 398 g/mol. The first-order chi connectivity index (χ1) is 14.0. The van der Waals surface area contributed by atoms with Gasteiger partial charge in [-0.05, 0) is 62.6 Å². The van der Waals surface area contributed by atoms with Crippen molar-refractivity contribution < 1.29 is 19.1 Å². The van der Waals surface area contributed by atoms with Gasteiger partial charge in [-0.25, -0.2) is 4.68 Å². The Kier molecular flexibility index (Phi) is 5.72. The fraction of sp³-hybridized carbons (Fsp3) is 0.609. The second kappa shape index (κ2) is 8.27. The minimum absolute atomic E-state index is 0.00837. The molecule has 0 bridgehead atoms. The molecule has 1 saturated carbocycles. The van der Waals surface area contributed by atoms with E-state index in [0.717, 1.165) is 54.3 Å². The molecule has 1 saturated heterocycles. The van der Waals surface area contributed by atoms with Gasteiger partial charge in [0.2, 0.25) is 0 Å². The number of nitrogens with zero attached hydrogens (tertiary/aromatic N) is 2. The van der Waals surface area contributed by atoms with E-state index in [9.17, 15) is 9.59 Å². The summed E-state index contributed by atoms with van der Waals surface area (Å²) in [7, 11) is 0. The normalized spacial score (nSPS) is 27.9. The van der Waals surface area contributed by atoms with E-state index in [1.54, 1.807) is 6.92 Å². The molecule has 1 aromatic carbocycles. The number of ether oxygens (including phenoxy) is 2. The van der Waals surface area contributed by atoms with E-state index in [0.29, 0.717) is 6.42 Å². The SMILES string of the molecule is CCOC(=O)C1C(=O)CC[C@@H](C)[C@@H]1c1c(C)ccc2c1cnn2C1CCCCO1. The maximum Gasteiger partial charge on any atom is 0.317 e. The summed E-state index contributed by atoms with van der Waals surface area (Å²) in [5, 5.41) is 5.67. The number of Topliss-reactive ketones (excluding diaryl/α,β-unsaturated/α-hetero) is 1. The zero-order valence-electron chi connectivity index (χ0n) is 17.5. The van der Waals surface area contributed by atoms with E-state index in [2.05, 4.69) is 31.1 Å². The Morgan fingerprint density at radius 3 is 2.86 bits per heavy atom. The number of ketones is 1. The minimum atomic E-state index is -0.739. The second-order valence-corrected chi connectivity index (χ2v) is 8.38. The number of aromatic nitrogens is 2. The lowest BCUT2D eigenvalue weighted by Gasteiger charge is -2.35. The molecule has 4 rings (SSSR count). The number of hydrogen-bond acceptors (Lipinski definition) is 5.